The van der Waals surface area contributed by atoms with Crippen molar-refractivity contribution in [2.24, 2.45) is 0 Å². The Morgan fingerprint density at radius 1 is 1.07 bits per heavy atom. The molecule has 8 heteroatoms. The average molecular weight is 394 g/mol. The Balaban J connectivity index is 2.13. The van der Waals surface area contributed by atoms with Crippen LogP contribution < -0.4 is 0 Å². The average Bonchev–Trinajstić information content (AvgIpc) is 3.01. The van der Waals surface area contributed by atoms with E-state index in [4.69, 9.17) is 0 Å². The summed E-state index contributed by atoms with van der Waals surface area (Å²) in [6.07, 6.45) is 0.683. The van der Waals surface area contributed by atoms with Gasteiger partial charge in [0, 0.05) is 23.9 Å². The van der Waals surface area contributed by atoms with Crippen molar-refractivity contribution in [3.63, 3.8) is 0 Å². The van der Waals surface area contributed by atoms with Gasteiger partial charge in [0.05, 0.1) is 16.1 Å². The quantitative estimate of drug-likeness (QED) is 0.647. The van der Waals surface area contributed by atoms with Crippen molar-refractivity contribution in [2.75, 3.05) is 0 Å². The molecule has 0 saturated heterocycles. The molecule has 3 aromatic rings. The second-order valence-corrected chi connectivity index (χ2v) is 7.34. The summed E-state index contributed by atoms with van der Waals surface area (Å²) in [7, 11) is 0. The molecule has 0 saturated carbocycles. The minimum absolute atomic E-state index is 0.149. The van der Waals surface area contributed by atoms with Crippen molar-refractivity contribution in [1.82, 2.24) is 9.97 Å². The van der Waals surface area contributed by atoms with Crippen LogP contribution in [-0.4, -0.2) is 21.0 Å². The Labute approximate surface area is 157 Å². The van der Waals surface area contributed by atoms with Gasteiger partial charge in [0.2, 0.25) is 0 Å². The number of pyridine rings is 1. The summed E-state index contributed by atoms with van der Waals surface area (Å²) in [6.45, 7) is 5.48. The third-order valence-electron chi connectivity index (χ3n) is 4.51. The van der Waals surface area contributed by atoms with E-state index < -0.39 is 23.4 Å². The molecule has 0 aliphatic carbocycles. The molecule has 4 nitrogen and oxygen atoms in total. The van der Waals surface area contributed by atoms with Crippen molar-refractivity contribution >= 4 is 27.5 Å². The van der Waals surface area contributed by atoms with E-state index in [1.807, 2.05) is 6.92 Å². The molecule has 0 spiro atoms. The molecule has 0 aliphatic rings. The van der Waals surface area contributed by atoms with Gasteiger partial charge in [-0.15, -0.1) is 11.3 Å². The number of fused-ring (bicyclic) bond motifs is 1. The fraction of sp³-hybridized carbons (Fsp3) is 0.316. The third kappa shape index (κ3) is 3.53. The van der Waals surface area contributed by atoms with Crippen LogP contribution >= 0.6 is 11.3 Å². The standard InChI is InChI=1S/C19H17F3N2O2S/c1-4-10-11(8(2)23-9(3)12(10)6-16(25)26)5-15-24-18-14(21)7-13(20)17(22)19(18)27-15/h7H,4-6H2,1-3H3,(H,25,26). The van der Waals surface area contributed by atoms with Gasteiger partial charge in [0.1, 0.15) is 5.52 Å². The third-order valence-corrected chi connectivity index (χ3v) is 5.56. The number of thiazole rings is 1. The summed E-state index contributed by atoms with van der Waals surface area (Å²) in [4.78, 5) is 19.8. The molecule has 0 unspecified atom stereocenters. The lowest BCUT2D eigenvalue weighted by Gasteiger charge is -2.16. The largest absolute Gasteiger partial charge is 0.481 e. The van der Waals surface area contributed by atoms with Crippen LogP contribution in [0.5, 0.6) is 0 Å². The highest BCUT2D eigenvalue weighted by Crippen LogP contribution is 2.32. The lowest BCUT2D eigenvalue weighted by atomic mass is 9.93. The number of hydrogen-bond acceptors (Lipinski definition) is 4. The number of nitrogens with zero attached hydrogens (tertiary/aromatic N) is 2. The van der Waals surface area contributed by atoms with Gasteiger partial charge in [0.15, 0.2) is 17.5 Å². The van der Waals surface area contributed by atoms with Crippen LogP contribution in [0.1, 0.15) is 40.0 Å². The van der Waals surface area contributed by atoms with Crippen LogP contribution in [-0.2, 0) is 24.1 Å². The van der Waals surface area contributed by atoms with Crippen LogP contribution in [0.25, 0.3) is 10.2 Å². The SMILES string of the molecule is CCc1c(CC(=O)O)c(C)nc(C)c1Cc1nc2c(F)cc(F)c(F)c2s1. The topological polar surface area (TPSA) is 63.1 Å². The number of carbonyl (C=O) groups is 1. The number of benzene rings is 1. The zero-order valence-electron chi connectivity index (χ0n) is 15.0. The van der Waals surface area contributed by atoms with Crippen LogP contribution in [0.15, 0.2) is 6.07 Å². The zero-order valence-corrected chi connectivity index (χ0v) is 15.8. The molecule has 0 atom stereocenters. The Morgan fingerprint density at radius 2 is 1.74 bits per heavy atom. The predicted molar refractivity (Wildman–Crippen MR) is 96.7 cm³/mol. The lowest BCUT2D eigenvalue weighted by Crippen LogP contribution is -2.12. The highest BCUT2D eigenvalue weighted by atomic mass is 32.1. The molecule has 2 aromatic heterocycles. The van der Waals surface area contributed by atoms with E-state index in [9.17, 15) is 23.1 Å². The monoisotopic (exact) mass is 394 g/mol. The van der Waals surface area contributed by atoms with Gasteiger partial charge in [-0.1, -0.05) is 6.92 Å². The Morgan fingerprint density at radius 3 is 2.37 bits per heavy atom. The normalized spacial score (nSPS) is 11.3. The number of halogens is 3. The van der Waals surface area contributed by atoms with Crippen LogP contribution in [0.3, 0.4) is 0 Å². The van der Waals surface area contributed by atoms with Gasteiger partial charge < -0.3 is 5.11 Å². The Kier molecular flexibility index (Phi) is 5.19. The fourth-order valence-corrected chi connectivity index (χ4v) is 4.32. The maximum absolute atomic E-state index is 14.0. The highest BCUT2D eigenvalue weighted by Gasteiger charge is 2.21. The number of carboxylic acid groups (broad SMARTS) is 1. The molecular weight excluding hydrogens is 377 g/mol. The molecular formula is C19H17F3N2O2S. The van der Waals surface area contributed by atoms with Crippen LogP contribution in [0.4, 0.5) is 13.2 Å². The Bertz CT molecular complexity index is 1060. The van der Waals surface area contributed by atoms with Crippen molar-refractivity contribution in [3.8, 4) is 0 Å². The first-order chi connectivity index (χ1) is 12.7. The van der Waals surface area contributed by atoms with E-state index >= 15 is 0 Å². The fourth-order valence-electron chi connectivity index (χ4n) is 3.31. The van der Waals surface area contributed by atoms with Gasteiger partial charge in [0.25, 0.3) is 0 Å². The van der Waals surface area contributed by atoms with E-state index in [-0.39, 0.29) is 23.1 Å². The summed E-state index contributed by atoms with van der Waals surface area (Å²) in [5, 5.41) is 9.60. The van der Waals surface area contributed by atoms with Gasteiger partial charge in [-0.05, 0) is 37.0 Å². The van der Waals surface area contributed by atoms with Gasteiger partial charge in [-0.3, -0.25) is 9.78 Å². The first-order valence-electron chi connectivity index (χ1n) is 8.35. The van der Waals surface area contributed by atoms with Gasteiger partial charge in [-0.25, -0.2) is 18.2 Å². The lowest BCUT2D eigenvalue weighted by molar-refractivity contribution is -0.136. The molecule has 27 heavy (non-hydrogen) atoms. The van der Waals surface area contributed by atoms with Crippen molar-refractivity contribution in [3.05, 3.63) is 56.6 Å². The number of hydrogen-bond donors (Lipinski definition) is 1. The van der Waals surface area contributed by atoms with E-state index in [1.165, 1.54) is 0 Å². The van der Waals surface area contributed by atoms with Crippen molar-refractivity contribution in [1.29, 1.82) is 0 Å². The summed E-state index contributed by atoms with van der Waals surface area (Å²) in [5.74, 6) is -4.23. The number of aromatic nitrogens is 2. The second kappa shape index (κ2) is 7.26. The molecule has 1 N–H and O–H groups in total. The number of aliphatic carboxylic acids is 1. The van der Waals surface area contributed by atoms with Gasteiger partial charge in [-0.2, -0.15) is 0 Å². The molecule has 3 rings (SSSR count). The summed E-state index contributed by atoms with van der Waals surface area (Å²) in [5.41, 5.74) is 3.46. The molecule has 2 heterocycles. The molecule has 0 aliphatic heterocycles. The molecule has 0 radical (unpaired) electrons. The second-order valence-electron chi connectivity index (χ2n) is 6.26. The van der Waals surface area contributed by atoms with Gasteiger partial charge >= 0.3 is 5.97 Å². The first kappa shape index (κ1) is 19.3. The van der Waals surface area contributed by atoms with E-state index in [0.717, 1.165) is 22.5 Å². The molecule has 0 amide bonds. The number of carboxylic acids is 1. The maximum atomic E-state index is 14.0. The summed E-state index contributed by atoms with van der Waals surface area (Å²) < 4.78 is 41.2. The first-order valence-corrected chi connectivity index (χ1v) is 9.17. The van der Waals surface area contributed by atoms with Crippen molar-refractivity contribution < 1.29 is 23.1 Å². The minimum atomic E-state index is -1.25. The molecule has 142 valence electrons. The van der Waals surface area contributed by atoms with Crippen LogP contribution in [0, 0.1) is 31.3 Å². The molecule has 0 fully saturated rings. The van der Waals surface area contributed by atoms with Crippen LogP contribution in [0.2, 0.25) is 0 Å². The highest BCUT2D eigenvalue weighted by molar-refractivity contribution is 7.18. The molecule has 0 bridgehead atoms. The minimum Gasteiger partial charge on any atom is -0.481 e. The zero-order chi connectivity index (χ0) is 19.9. The van der Waals surface area contributed by atoms with E-state index in [2.05, 4.69) is 9.97 Å². The summed E-state index contributed by atoms with van der Waals surface area (Å²) in [6, 6.07) is 0.488. The Hall–Kier alpha value is -2.48. The predicted octanol–water partition coefficient (Wildman–Crippen LogP) is 4.51. The van der Waals surface area contributed by atoms with Crippen molar-refractivity contribution in [2.45, 2.75) is 40.0 Å². The van der Waals surface area contributed by atoms with E-state index in [0.29, 0.717) is 34.4 Å². The smallest absolute Gasteiger partial charge is 0.307 e. The number of rotatable bonds is 5. The van der Waals surface area contributed by atoms with E-state index in [1.54, 1.807) is 13.8 Å². The molecule has 1 aromatic carbocycles. The summed E-state index contributed by atoms with van der Waals surface area (Å²) >= 11 is 0.889. The number of aryl methyl sites for hydroxylation is 2. The maximum Gasteiger partial charge on any atom is 0.307 e.